The summed E-state index contributed by atoms with van der Waals surface area (Å²) in [6.07, 6.45) is 3.86. The molecule has 2 aromatic rings. The summed E-state index contributed by atoms with van der Waals surface area (Å²) < 4.78 is 39.6. The molecule has 7 nitrogen and oxygen atoms in total. The first kappa shape index (κ1) is 20.2. The molecule has 1 amide bonds. The van der Waals surface area contributed by atoms with Gasteiger partial charge in [-0.25, -0.2) is 8.42 Å². The van der Waals surface area contributed by atoms with Gasteiger partial charge in [-0.05, 0) is 36.4 Å². The van der Waals surface area contributed by atoms with E-state index in [2.05, 4.69) is 5.32 Å². The summed E-state index contributed by atoms with van der Waals surface area (Å²) in [5, 5.41) is 4.46. The van der Waals surface area contributed by atoms with Gasteiger partial charge in [0.25, 0.3) is 11.7 Å². The number of hydrogen-bond acceptors (Lipinski definition) is 7. The predicted molar refractivity (Wildman–Crippen MR) is 117 cm³/mol. The maximum Gasteiger partial charge on any atom is 0.267 e. The van der Waals surface area contributed by atoms with E-state index in [0.717, 1.165) is 48.5 Å². The molecule has 2 aliphatic heterocycles. The number of nitrogens with one attached hydrogen (secondary N) is 1. The highest BCUT2D eigenvalue weighted by atomic mass is 32.2. The van der Waals surface area contributed by atoms with Gasteiger partial charge in [-0.15, -0.1) is 11.3 Å². The van der Waals surface area contributed by atoms with Crippen LogP contribution in [0.5, 0.6) is 11.5 Å². The Balaban J connectivity index is 1.35. The van der Waals surface area contributed by atoms with E-state index < -0.39 is 21.7 Å². The molecule has 2 fully saturated rings. The predicted octanol–water partition coefficient (Wildman–Crippen LogP) is 3.78. The Bertz CT molecular complexity index is 1070. The van der Waals surface area contributed by atoms with Gasteiger partial charge in [0.2, 0.25) is 10.0 Å². The number of fused-ring (bicyclic) bond motifs is 1. The fourth-order valence-corrected chi connectivity index (χ4v) is 7.94. The van der Waals surface area contributed by atoms with Crippen molar-refractivity contribution in [1.82, 2.24) is 4.31 Å². The molecule has 5 rings (SSSR count). The average molecular weight is 467 g/mol. The Hall–Kier alpha value is -1.75. The highest BCUT2D eigenvalue weighted by Crippen LogP contribution is 2.47. The number of thiophene rings is 1. The van der Waals surface area contributed by atoms with Crippen LogP contribution in [0.3, 0.4) is 0 Å². The van der Waals surface area contributed by atoms with Gasteiger partial charge < -0.3 is 14.8 Å². The Morgan fingerprint density at radius 3 is 2.57 bits per heavy atom. The van der Waals surface area contributed by atoms with Gasteiger partial charge in [0.1, 0.15) is 9.77 Å². The fourth-order valence-electron chi connectivity index (χ4n) is 4.07. The molecular weight excluding hydrogens is 444 g/mol. The fraction of sp³-hybridized carbons (Fsp3) is 0.450. The highest BCUT2D eigenvalue weighted by molar-refractivity contribution is 7.99. The first-order chi connectivity index (χ1) is 14.5. The molecule has 1 saturated carbocycles. The molecule has 30 heavy (non-hydrogen) atoms. The number of nitrogens with zero attached hydrogens (tertiary/aromatic N) is 1. The summed E-state index contributed by atoms with van der Waals surface area (Å²) in [5.41, 5.74) is 0.545. The molecule has 3 aliphatic rings. The smallest absolute Gasteiger partial charge is 0.267 e. The Morgan fingerprint density at radius 1 is 1.07 bits per heavy atom. The topological polar surface area (TPSA) is 84.9 Å². The summed E-state index contributed by atoms with van der Waals surface area (Å²) >= 11 is 2.87. The number of amides is 1. The maximum atomic E-state index is 13.0. The number of hydrogen-bond donors (Lipinski definition) is 1. The standard InChI is InChI=1S/C20H22N2O5S3/c23-19(18-17(5-10-29-18)30(24,25)22-8-11-28-12-9-22)21-14-3-4-15-16(13-14)27-20(26-15)6-1-2-7-20/h3-5,10,13H,1-2,6-9,11-12H2,(H,21,23). The molecule has 1 aromatic heterocycles. The van der Waals surface area contributed by atoms with E-state index in [4.69, 9.17) is 9.47 Å². The van der Waals surface area contributed by atoms with Gasteiger partial charge in [0.05, 0.1) is 0 Å². The van der Waals surface area contributed by atoms with E-state index in [1.807, 2.05) is 0 Å². The molecule has 10 heteroatoms. The van der Waals surface area contributed by atoms with Crippen LogP contribution in [0.15, 0.2) is 34.5 Å². The zero-order valence-corrected chi connectivity index (χ0v) is 18.7. The lowest BCUT2D eigenvalue weighted by Gasteiger charge is -2.25. The van der Waals surface area contributed by atoms with Crippen LogP contribution in [0.1, 0.15) is 35.4 Å². The van der Waals surface area contributed by atoms with Crippen LogP contribution in [0, 0.1) is 0 Å². The zero-order valence-electron chi connectivity index (χ0n) is 16.3. The summed E-state index contributed by atoms with van der Waals surface area (Å²) in [7, 11) is -3.69. The van der Waals surface area contributed by atoms with E-state index in [1.165, 1.54) is 10.4 Å². The van der Waals surface area contributed by atoms with Gasteiger partial charge in [0, 0.05) is 49.2 Å². The largest absolute Gasteiger partial charge is 0.448 e. The Labute approximate surface area is 183 Å². The molecule has 3 heterocycles. The lowest BCUT2D eigenvalue weighted by Crippen LogP contribution is -2.38. The lowest BCUT2D eigenvalue weighted by atomic mass is 10.2. The SMILES string of the molecule is O=C(Nc1ccc2c(c1)OC1(CCCC1)O2)c1sccc1S(=O)(=O)N1CCSCC1. The summed E-state index contributed by atoms with van der Waals surface area (Å²) in [4.78, 5) is 13.2. The minimum atomic E-state index is -3.69. The van der Waals surface area contributed by atoms with E-state index in [9.17, 15) is 13.2 Å². The van der Waals surface area contributed by atoms with Gasteiger partial charge in [0.15, 0.2) is 11.5 Å². The Morgan fingerprint density at radius 2 is 1.80 bits per heavy atom. The lowest BCUT2D eigenvalue weighted by molar-refractivity contribution is -0.0716. The number of anilines is 1. The summed E-state index contributed by atoms with van der Waals surface area (Å²) in [6, 6.07) is 6.79. The van der Waals surface area contributed by atoms with Crippen molar-refractivity contribution in [3.63, 3.8) is 0 Å². The van der Waals surface area contributed by atoms with Crippen LogP contribution in [-0.4, -0.2) is 49.0 Å². The monoisotopic (exact) mass is 466 g/mol. The van der Waals surface area contributed by atoms with Crippen molar-refractivity contribution < 1.29 is 22.7 Å². The average Bonchev–Trinajstić information content (AvgIpc) is 3.48. The number of ether oxygens (including phenoxy) is 2. The van der Waals surface area contributed by atoms with Crippen LogP contribution >= 0.6 is 23.1 Å². The number of rotatable bonds is 4. The van der Waals surface area contributed by atoms with E-state index in [-0.39, 0.29) is 9.77 Å². The van der Waals surface area contributed by atoms with Crippen LogP contribution < -0.4 is 14.8 Å². The maximum absolute atomic E-state index is 13.0. The van der Waals surface area contributed by atoms with Crippen LogP contribution in [0.25, 0.3) is 0 Å². The van der Waals surface area contributed by atoms with E-state index in [0.29, 0.717) is 30.3 Å². The van der Waals surface area contributed by atoms with Crippen LogP contribution in [-0.2, 0) is 10.0 Å². The van der Waals surface area contributed by atoms with Crippen molar-refractivity contribution in [2.75, 3.05) is 29.9 Å². The minimum Gasteiger partial charge on any atom is -0.448 e. The quantitative estimate of drug-likeness (QED) is 0.738. The van der Waals surface area contributed by atoms with Crippen molar-refractivity contribution in [1.29, 1.82) is 0 Å². The van der Waals surface area contributed by atoms with E-state index in [1.54, 1.807) is 35.3 Å². The molecule has 1 N–H and O–H groups in total. The van der Waals surface area contributed by atoms with Gasteiger partial charge in [-0.2, -0.15) is 16.1 Å². The number of sulfonamides is 1. The molecule has 1 aliphatic carbocycles. The highest BCUT2D eigenvalue weighted by Gasteiger charge is 2.44. The van der Waals surface area contributed by atoms with Crippen molar-refractivity contribution in [3.05, 3.63) is 34.5 Å². The first-order valence-corrected chi connectivity index (χ1v) is 13.4. The van der Waals surface area contributed by atoms with Crippen molar-refractivity contribution >= 4 is 44.7 Å². The number of thioether (sulfide) groups is 1. The van der Waals surface area contributed by atoms with Crippen molar-refractivity contribution in [2.45, 2.75) is 36.4 Å². The molecule has 0 atom stereocenters. The molecule has 1 aromatic carbocycles. The summed E-state index contributed by atoms with van der Waals surface area (Å²) in [6.45, 7) is 0.932. The van der Waals surface area contributed by atoms with Crippen LogP contribution in [0.2, 0.25) is 0 Å². The minimum absolute atomic E-state index is 0.0718. The van der Waals surface area contributed by atoms with Gasteiger partial charge in [-0.1, -0.05) is 0 Å². The van der Waals surface area contributed by atoms with E-state index >= 15 is 0 Å². The number of carbonyl (C=O) groups is 1. The molecule has 160 valence electrons. The molecule has 1 spiro atoms. The third kappa shape index (κ3) is 3.59. The normalized spacial score (nSPS) is 20.5. The van der Waals surface area contributed by atoms with Crippen molar-refractivity contribution in [3.8, 4) is 11.5 Å². The molecular formula is C20H22N2O5S3. The third-order valence-electron chi connectivity index (χ3n) is 5.58. The number of carbonyl (C=O) groups excluding carboxylic acids is 1. The molecule has 0 unspecified atom stereocenters. The Kier molecular flexibility index (Phi) is 5.20. The van der Waals surface area contributed by atoms with Gasteiger partial charge >= 0.3 is 0 Å². The molecule has 0 radical (unpaired) electrons. The van der Waals surface area contributed by atoms with Crippen molar-refractivity contribution in [2.24, 2.45) is 0 Å². The van der Waals surface area contributed by atoms with Crippen LogP contribution in [0.4, 0.5) is 5.69 Å². The second kappa shape index (κ2) is 7.74. The second-order valence-electron chi connectivity index (χ2n) is 7.57. The zero-order chi connectivity index (χ0) is 20.8. The molecule has 1 saturated heterocycles. The first-order valence-electron chi connectivity index (χ1n) is 9.96. The second-order valence-corrected chi connectivity index (χ2v) is 11.6. The summed E-state index contributed by atoms with van der Waals surface area (Å²) in [5.74, 6) is 1.82. The molecule has 0 bridgehead atoms. The van der Waals surface area contributed by atoms with Gasteiger partial charge in [-0.3, -0.25) is 4.79 Å². The third-order valence-corrected chi connectivity index (χ3v) is 9.51. The number of benzene rings is 1.